The largest absolute Gasteiger partial charge is 0.333 e. The highest BCUT2D eigenvalue weighted by Crippen LogP contribution is 1.96. The van der Waals surface area contributed by atoms with Crippen molar-refractivity contribution in [3.8, 4) is 6.07 Å². The number of imidazole rings is 1. The highest BCUT2D eigenvalue weighted by Gasteiger charge is 2.02. The molecule has 0 saturated carbocycles. The zero-order valence-electron chi connectivity index (χ0n) is 9.50. The number of pyridine rings is 1. The second kappa shape index (κ2) is 4.66. The van der Waals surface area contributed by atoms with Gasteiger partial charge in [-0.3, -0.25) is 4.79 Å². The number of rotatable bonds is 3. The van der Waals surface area contributed by atoms with Crippen molar-refractivity contribution < 1.29 is 0 Å². The van der Waals surface area contributed by atoms with Gasteiger partial charge in [0.25, 0.3) is 5.56 Å². The van der Waals surface area contributed by atoms with E-state index in [4.69, 9.17) is 5.26 Å². The van der Waals surface area contributed by atoms with Crippen LogP contribution in [0.2, 0.25) is 0 Å². The quantitative estimate of drug-likeness (QED) is 0.784. The second-order valence-electron chi connectivity index (χ2n) is 3.70. The fourth-order valence-electron chi connectivity index (χ4n) is 1.65. The molecule has 0 N–H and O–H groups in total. The standard InChI is InChI=1S/C12H12N4O/c1-10-14-4-6-15(10)7-8-16-5-2-3-11(9-13)12(16)17/h2-6H,7-8H2,1H3. The molecule has 86 valence electrons. The molecule has 0 fully saturated rings. The molecule has 0 radical (unpaired) electrons. The van der Waals surface area contributed by atoms with Crippen molar-refractivity contribution in [1.29, 1.82) is 5.26 Å². The van der Waals surface area contributed by atoms with E-state index in [1.807, 2.05) is 23.8 Å². The summed E-state index contributed by atoms with van der Waals surface area (Å²) < 4.78 is 3.50. The molecular formula is C12H12N4O. The Labute approximate surface area is 98.6 Å². The maximum absolute atomic E-state index is 11.8. The van der Waals surface area contributed by atoms with Gasteiger partial charge in [-0.2, -0.15) is 5.26 Å². The molecule has 0 aromatic carbocycles. The zero-order valence-corrected chi connectivity index (χ0v) is 9.50. The Bertz CT molecular complexity index is 618. The summed E-state index contributed by atoms with van der Waals surface area (Å²) in [5, 5.41) is 8.76. The smallest absolute Gasteiger partial charge is 0.268 e. The third-order valence-electron chi connectivity index (χ3n) is 2.65. The lowest BCUT2D eigenvalue weighted by Gasteiger charge is -2.07. The van der Waals surface area contributed by atoms with Gasteiger partial charge in [0.15, 0.2) is 0 Å². The lowest BCUT2D eigenvalue weighted by atomic mass is 10.3. The number of hydrogen-bond donors (Lipinski definition) is 0. The second-order valence-corrected chi connectivity index (χ2v) is 3.70. The topological polar surface area (TPSA) is 63.6 Å². The fraction of sp³-hybridized carbons (Fsp3) is 0.250. The van der Waals surface area contributed by atoms with Crippen LogP contribution < -0.4 is 5.56 Å². The highest BCUT2D eigenvalue weighted by molar-refractivity contribution is 5.24. The number of aryl methyl sites for hydroxylation is 3. The molecule has 0 unspecified atom stereocenters. The minimum absolute atomic E-state index is 0.176. The molecule has 0 aliphatic rings. The van der Waals surface area contributed by atoms with E-state index in [1.165, 1.54) is 10.6 Å². The molecule has 0 bridgehead atoms. The Morgan fingerprint density at radius 3 is 2.76 bits per heavy atom. The Balaban J connectivity index is 2.18. The minimum atomic E-state index is -0.243. The van der Waals surface area contributed by atoms with E-state index in [2.05, 4.69) is 4.98 Å². The predicted molar refractivity (Wildman–Crippen MR) is 62.4 cm³/mol. The van der Waals surface area contributed by atoms with Crippen LogP contribution in [0, 0.1) is 18.3 Å². The van der Waals surface area contributed by atoms with Crippen LogP contribution in [0.5, 0.6) is 0 Å². The van der Waals surface area contributed by atoms with Crippen LogP contribution in [-0.4, -0.2) is 14.1 Å². The fourth-order valence-corrected chi connectivity index (χ4v) is 1.65. The van der Waals surface area contributed by atoms with Crippen LogP contribution in [0.1, 0.15) is 11.4 Å². The molecule has 0 aliphatic heterocycles. The third kappa shape index (κ3) is 2.26. The van der Waals surface area contributed by atoms with Gasteiger partial charge in [0.1, 0.15) is 17.5 Å². The summed E-state index contributed by atoms with van der Waals surface area (Å²) in [6.45, 7) is 3.11. The zero-order chi connectivity index (χ0) is 12.3. The third-order valence-corrected chi connectivity index (χ3v) is 2.65. The maximum atomic E-state index is 11.8. The lowest BCUT2D eigenvalue weighted by Crippen LogP contribution is -2.23. The van der Waals surface area contributed by atoms with E-state index < -0.39 is 0 Å². The number of aromatic nitrogens is 3. The molecule has 5 nitrogen and oxygen atoms in total. The van der Waals surface area contributed by atoms with E-state index in [0.29, 0.717) is 13.1 Å². The summed E-state index contributed by atoms with van der Waals surface area (Å²) >= 11 is 0. The predicted octanol–water partition coefficient (Wildman–Crippen LogP) is 0.925. The van der Waals surface area contributed by atoms with Crippen LogP contribution in [-0.2, 0) is 13.1 Å². The first-order valence-corrected chi connectivity index (χ1v) is 5.29. The first kappa shape index (κ1) is 11.1. The summed E-state index contributed by atoms with van der Waals surface area (Å²) in [6, 6.07) is 5.13. The summed E-state index contributed by atoms with van der Waals surface area (Å²) in [5.74, 6) is 0.912. The Morgan fingerprint density at radius 2 is 2.12 bits per heavy atom. The molecular weight excluding hydrogens is 216 g/mol. The van der Waals surface area contributed by atoms with Crippen molar-refractivity contribution in [1.82, 2.24) is 14.1 Å². The molecule has 2 heterocycles. The first-order valence-electron chi connectivity index (χ1n) is 5.29. The van der Waals surface area contributed by atoms with Gasteiger partial charge in [-0.25, -0.2) is 4.98 Å². The van der Waals surface area contributed by atoms with Crippen LogP contribution >= 0.6 is 0 Å². The molecule has 0 saturated heterocycles. The van der Waals surface area contributed by atoms with E-state index in [0.717, 1.165) is 5.82 Å². The molecule has 0 atom stereocenters. The van der Waals surface area contributed by atoms with Gasteiger partial charge < -0.3 is 9.13 Å². The van der Waals surface area contributed by atoms with Crippen molar-refractivity contribution in [2.75, 3.05) is 0 Å². The molecule has 0 aliphatic carbocycles. The monoisotopic (exact) mass is 228 g/mol. The van der Waals surface area contributed by atoms with Crippen molar-refractivity contribution in [3.63, 3.8) is 0 Å². The van der Waals surface area contributed by atoms with E-state index >= 15 is 0 Å². The van der Waals surface area contributed by atoms with E-state index in [9.17, 15) is 4.79 Å². The van der Waals surface area contributed by atoms with Gasteiger partial charge in [-0.05, 0) is 19.1 Å². The van der Waals surface area contributed by atoms with E-state index in [1.54, 1.807) is 18.5 Å². The van der Waals surface area contributed by atoms with Crippen LogP contribution in [0.3, 0.4) is 0 Å². The molecule has 2 aromatic rings. The Hall–Kier alpha value is -2.35. The Kier molecular flexibility index (Phi) is 3.06. The van der Waals surface area contributed by atoms with Gasteiger partial charge in [0.2, 0.25) is 0 Å². The molecule has 0 amide bonds. The van der Waals surface area contributed by atoms with Gasteiger partial charge in [-0.15, -0.1) is 0 Å². The van der Waals surface area contributed by atoms with Gasteiger partial charge in [-0.1, -0.05) is 0 Å². The van der Waals surface area contributed by atoms with E-state index in [-0.39, 0.29) is 11.1 Å². The maximum Gasteiger partial charge on any atom is 0.268 e. The van der Waals surface area contributed by atoms with Crippen LogP contribution in [0.15, 0.2) is 35.5 Å². The SMILES string of the molecule is Cc1nccn1CCn1cccc(C#N)c1=O. The lowest BCUT2D eigenvalue weighted by molar-refractivity contribution is 0.555. The highest BCUT2D eigenvalue weighted by atomic mass is 16.1. The summed E-state index contributed by atoms with van der Waals surface area (Å²) in [6.07, 6.45) is 5.29. The summed E-state index contributed by atoms with van der Waals surface area (Å²) in [7, 11) is 0. The summed E-state index contributed by atoms with van der Waals surface area (Å²) in [4.78, 5) is 15.9. The van der Waals surface area contributed by atoms with Crippen LogP contribution in [0.4, 0.5) is 0 Å². The van der Waals surface area contributed by atoms with Gasteiger partial charge in [0, 0.05) is 31.7 Å². The molecule has 2 rings (SSSR count). The minimum Gasteiger partial charge on any atom is -0.333 e. The number of nitriles is 1. The molecule has 5 heteroatoms. The molecule has 0 spiro atoms. The van der Waals surface area contributed by atoms with Crippen molar-refractivity contribution in [2.45, 2.75) is 20.0 Å². The van der Waals surface area contributed by atoms with Crippen LogP contribution in [0.25, 0.3) is 0 Å². The number of nitrogens with zero attached hydrogens (tertiary/aromatic N) is 4. The van der Waals surface area contributed by atoms with Gasteiger partial charge in [0.05, 0.1) is 0 Å². The normalized spacial score (nSPS) is 10.1. The van der Waals surface area contributed by atoms with Crippen molar-refractivity contribution >= 4 is 0 Å². The summed E-state index contributed by atoms with van der Waals surface area (Å²) in [5.41, 5.74) is -0.0670. The van der Waals surface area contributed by atoms with Crippen molar-refractivity contribution in [2.24, 2.45) is 0 Å². The molecule has 17 heavy (non-hydrogen) atoms. The first-order chi connectivity index (χ1) is 8.22. The molecule has 2 aromatic heterocycles. The van der Waals surface area contributed by atoms with Crippen molar-refractivity contribution in [3.05, 3.63) is 52.5 Å². The average molecular weight is 228 g/mol. The average Bonchev–Trinajstić information content (AvgIpc) is 2.74. The Morgan fingerprint density at radius 1 is 1.35 bits per heavy atom. The number of hydrogen-bond acceptors (Lipinski definition) is 3. The van der Waals surface area contributed by atoms with Gasteiger partial charge >= 0.3 is 0 Å².